The molecule has 0 saturated heterocycles. The summed E-state index contributed by atoms with van der Waals surface area (Å²) < 4.78 is 34.7. The lowest BCUT2D eigenvalue weighted by atomic mass is 10.1. The van der Waals surface area contributed by atoms with Gasteiger partial charge in [-0.15, -0.1) is 0 Å². The van der Waals surface area contributed by atoms with Crippen molar-refractivity contribution in [2.45, 2.75) is 13.5 Å². The van der Waals surface area contributed by atoms with E-state index in [9.17, 15) is 23.3 Å². The third-order valence-electron chi connectivity index (χ3n) is 5.18. The Bertz CT molecular complexity index is 1520. The average molecular weight is 511 g/mol. The number of halogens is 3. The summed E-state index contributed by atoms with van der Waals surface area (Å²) in [5.74, 6) is -2.15. The highest BCUT2D eigenvalue weighted by Gasteiger charge is 2.18. The van der Waals surface area contributed by atoms with Gasteiger partial charge in [-0.3, -0.25) is 19.1 Å². The van der Waals surface area contributed by atoms with Crippen molar-refractivity contribution in [2.75, 3.05) is 5.32 Å². The number of nitroso groups, excluding NO2 is 1. The molecule has 0 saturated carbocycles. The number of ether oxygens (including phenoxy) is 1. The largest absolute Gasteiger partial charge is 0.453 e. The van der Waals surface area contributed by atoms with Crippen LogP contribution in [0.2, 0.25) is 5.02 Å². The molecular formula is C25H17ClF2N4O4. The Labute approximate surface area is 208 Å². The number of aryl methyl sites for hydroxylation is 1. The summed E-state index contributed by atoms with van der Waals surface area (Å²) in [5, 5.41) is 5.25. The summed E-state index contributed by atoms with van der Waals surface area (Å²) in [4.78, 5) is 40.4. The van der Waals surface area contributed by atoms with Crippen LogP contribution in [-0.4, -0.2) is 15.5 Å². The Hall–Kier alpha value is -4.44. The Morgan fingerprint density at radius 3 is 2.56 bits per heavy atom. The van der Waals surface area contributed by atoms with Crippen LogP contribution in [-0.2, 0) is 6.54 Å². The minimum absolute atomic E-state index is 0.0193. The van der Waals surface area contributed by atoms with Crippen molar-refractivity contribution in [1.82, 2.24) is 9.55 Å². The summed E-state index contributed by atoms with van der Waals surface area (Å²) in [6.45, 7) is 1.32. The van der Waals surface area contributed by atoms with Crippen LogP contribution >= 0.6 is 11.6 Å². The zero-order valence-electron chi connectivity index (χ0n) is 18.7. The minimum Gasteiger partial charge on any atom is -0.453 e. The number of carbonyl (C=O) groups is 1. The Kier molecular flexibility index (Phi) is 7.16. The van der Waals surface area contributed by atoms with Crippen molar-refractivity contribution in [3.63, 3.8) is 0 Å². The lowest BCUT2D eigenvalue weighted by Gasteiger charge is -2.13. The maximum Gasteiger partial charge on any atom is 0.268 e. The van der Waals surface area contributed by atoms with E-state index in [1.54, 1.807) is 13.0 Å². The molecule has 11 heteroatoms. The number of nitrogens with one attached hydrogen (secondary N) is 1. The molecule has 0 radical (unpaired) electrons. The molecule has 0 atom stereocenters. The fourth-order valence-electron chi connectivity index (χ4n) is 3.40. The van der Waals surface area contributed by atoms with Crippen LogP contribution in [0.1, 0.15) is 21.6 Å². The van der Waals surface area contributed by atoms with Gasteiger partial charge in [0.2, 0.25) is 0 Å². The molecule has 4 rings (SSSR count). The third kappa shape index (κ3) is 5.13. The van der Waals surface area contributed by atoms with Crippen LogP contribution in [0.4, 0.5) is 14.5 Å². The summed E-state index contributed by atoms with van der Waals surface area (Å²) in [5.41, 5.74) is 0.273. The molecule has 182 valence electrons. The average Bonchev–Trinajstić information content (AvgIpc) is 2.84. The van der Waals surface area contributed by atoms with E-state index >= 15 is 0 Å². The van der Waals surface area contributed by atoms with Gasteiger partial charge in [-0.2, -0.15) is 4.91 Å². The quantitative estimate of drug-likeness (QED) is 0.317. The van der Waals surface area contributed by atoms with Gasteiger partial charge < -0.3 is 10.1 Å². The lowest BCUT2D eigenvalue weighted by Crippen LogP contribution is -2.29. The fraction of sp³-hybridized carbons (Fsp3) is 0.0800. The van der Waals surface area contributed by atoms with Gasteiger partial charge in [-0.05, 0) is 55.0 Å². The van der Waals surface area contributed by atoms with Crippen LogP contribution in [0.15, 0.2) is 77.0 Å². The molecule has 36 heavy (non-hydrogen) atoms. The molecule has 2 aromatic heterocycles. The molecule has 0 spiro atoms. The standard InChI is InChI=1S/C25H17ClF2N4O4/c1-14-9-11-32(17-5-2-15(27)3-6-17)25(34)22(14)24(33)31-16-4-7-20(18(28)12-16)36-21-8-10-29-19(13-30-35)23(21)26/h2-12H,13H2,1H3,(H,31,33). The maximum atomic E-state index is 14.7. The Morgan fingerprint density at radius 2 is 1.86 bits per heavy atom. The number of aromatic nitrogens is 2. The first kappa shape index (κ1) is 24.7. The molecule has 0 aliphatic carbocycles. The van der Waals surface area contributed by atoms with Gasteiger partial charge in [0.15, 0.2) is 11.6 Å². The van der Waals surface area contributed by atoms with Crippen molar-refractivity contribution in [3.8, 4) is 17.2 Å². The predicted molar refractivity (Wildman–Crippen MR) is 130 cm³/mol. The second-order valence-corrected chi connectivity index (χ2v) is 7.96. The molecule has 0 fully saturated rings. The van der Waals surface area contributed by atoms with Crippen molar-refractivity contribution >= 4 is 23.2 Å². The SMILES string of the molecule is Cc1ccn(-c2ccc(F)cc2)c(=O)c1C(=O)Nc1ccc(Oc2ccnc(CN=O)c2Cl)c(F)c1. The first-order chi connectivity index (χ1) is 17.3. The molecular weight excluding hydrogens is 494 g/mol. The van der Waals surface area contributed by atoms with Crippen LogP contribution in [0.5, 0.6) is 11.5 Å². The number of anilines is 1. The summed E-state index contributed by atoms with van der Waals surface area (Å²) in [6, 6.07) is 11.9. The Morgan fingerprint density at radius 1 is 1.11 bits per heavy atom. The normalized spacial score (nSPS) is 10.7. The van der Waals surface area contributed by atoms with Crippen LogP contribution in [0, 0.1) is 23.5 Å². The van der Waals surface area contributed by atoms with E-state index in [1.165, 1.54) is 59.4 Å². The smallest absolute Gasteiger partial charge is 0.268 e. The predicted octanol–water partition coefficient (Wildman–Crippen LogP) is 5.78. The van der Waals surface area contributed by atoms with Crippen molar-refractivity contribution in [1.29, 1.82) is 0 Å². The van der Waals surface area contributed by atoms with E-state index in [0.717, 1.165) is 6.07 Å². The molecule has 4 aromatic rings. The molecule has 0 aliphatic rings. The molecule has 1 amide bonds. The fourth-order valence-corrected chi connectivity index (χ4v) is 3.61. The van der Waals surface area contributed by atoms with Crippen LogP contribution in [0.3, 0.4) is 0 Å². The van der Waals surface area contributed by atoms with E-state index in [0.29, 0.717) is 11.3 Å². The third-order valence-corrected chi connectivity index (χ3v) is 5.59. The highest BCUT2D eigenvalue weighted by atomic mass is 35.5. The molecule has 0 unspecified atom stereocenters. The molecule has 0 aliphatic heterocycles. The van der Waals surface area contributed by atoms with E-state index in [2.05, 4.69) is 15.5 Å². The van der Waals surface area contributed by atoms with Crippen molar-refractivity contribution < 1.29 is 18.3 Å². The number of amides is 1. The number of nitrogens with zero attached hydrogens (tertiary/aromatic N) is 3. The summed E-state index contributed by atoms with van der Waals surface area (Å²) in [6.07, 6.45) is 2.82. The maximum absolute atomic E-state index is 14.7. The van der Waals surface area contributed by atoms with Crippen LogP contribution in [0.25, 0.3) is 5.69 Å². The van der Waals surface area contributed by atoms with E-state index in [4.69, 9.17) is 16.3 Å². The minimum atomic E-state index is -0.816. The van der Waals surface area contributed by atoms with E-state index in [1.807, 2.05) is 0 Å². The number of rotatable bonds is 7. The van der Waals surface area contributed by atoms with Gasteiger partial charge in [-0.25, -0.2) is 8.78 Å². The zero-order valence-corrected chi connectivity index (χ0v) is 19.4. The lowest BCUT2D eigenvalue weighted by molar-refractivity contribution is 0.102. The van der Waals surface area contributed by atoms with Gasteiger partial charge in [0.05, 0.1) is 5.69 Å². The van der Waals surface area contributed by atoms with Crippen molar-refractivity contribution in [3.05, 3.63) is 116 Å². The second kappa shape index (κ2) is 10.4. The zero-order chi connectivity index (χ0) is 25.8. The summed E-state index contributed by atoms with van der Waals surface area (Å²) >= 11 is 6.14. The highest BCUT2D eigenvalue weighted by molar-refractivity contribution is 6.32. The second-order valence-electron chi connectivity index (χ2n) is 7.58. The highest BCUT2D eigenvalue weighted by Crippen LogP contribution is 2.33. The van der Waals surface area contributed by atoms with Gasteiger partial charge in [0.25, 0.3) is 11.5 Å². The topological polar surface area (TPSA) is 103 Å². The first-order valence-corrected chi connectivity index (χ1v) is 10.9. The number of carbonyl (C=O) groups excluding carboxylic acids is 1. The first-order valence-electron chi connectivity index (χ1n) is 10.5. The van der Waals surface area contributed by atoms with Gasteiger partial charge >= 0.3 is 0 Å². The molecule has 2 heterocycles. The van der Waals surface area contributed by atoms with Crippen molar-refractivity contribution in [2.24, 2.45) is 5.18 Å². The van der Waals surface area contributed by atoms with Crippen LogP contribution < -0.4 is 15.6 Å². The number of pyridine rings is 2. The van der Waals surface area contributed by atoms with E-state index < -0.39 is 23.1 Å². The molecule has 8 nitrogen and oxygen atoms in total. The monoisotopic (exact) mass is 510 g/mol. The summed E-state index contributed by atoms with van der Waals surface area (Å²) in [7, 11) is 0. The van der Waals surface area contributed by atoms with Gasteiger partial charge in [-0.1, -0.05) is 16.8 Å². The van der Waals surface area contributed by atoms with E-state index in [-0.39, 0.29) is 40.0 Å². The molecule has 0 bridgehead atoms. The van der Waals surface area contributed by atoms with Gasteiger partial charge in [0.1, 0.15) is 28.7 Å². The number of hydrogen-bond donors (Lipinski definition) is 1. The number of hydrogen-bond acceptors (Lipinski definition) is 6. The molecule has 1 N–H and O–H groups in total. The van der Waals surface area contributed by atoms with Gasteiger partial charge in [0, 0.05) is 35.9 Å². The molecule has 2 aromatic carbocycles. The number of benzene rings is 2. The Balaban J connectivity index is 1.57.